The number of para-hydroxylation sites is 1. The first kappa shape index (κ1) is 21.4. The Balaban J connectivity index is 1.13. The molecule has 4 unspecified atom stereocenters. The van der Waals surface area contributed by atoms with Gasteiger partial charge in [0.05, 0.1) is 36.9 Å². The molecule has 2 aromatic heterocycles. The number of benzene rings is 1. The standard InChI is InChI=1S/C26H28NO4S2/c28-24(26(29,19-9-15-32-18-19)23-8-4-14-33-23)31-22-17-27(12-10-25(27)16-21(22)25)11-5-13-30-20-6-2-1-3-7-20/h1-4,6-9,14-15,18,21-22,29H,5,10-13,16-17H2/q+1/t21?,22-,25?,26?,27?/m1/s1. The lowest BCUT2D eigenvalue weighted by Crippen LogP contribution is -2.66. The molecule has 1 saturated carbocycles. The molecule has 2 aliphatic heterocycles. The zero-order chi connectivity index (χ0) is 22.5. The topological polar surface area (TPSA) is 55.8 Å². The summed E-state index contributed by atoms with van der Waals surface area (Å²) in [6.07, 6.45) is 3.20. The average Bonchev–Trinajstić information content (AvgIpc) is 3.17. The largest absolute Gasteiger partial charge is 0.493 e. The van der Waals surface area contributed by atoms with Crippen LogP contribution in [0.2, 0.25) is 0 Å². The van der Waals surface area contributed by atoms with Crippen molar-refractivity contribution < 1.29 is 23.9 Å². The van der Waals surface area contributed by atoms with E-state index in [9.17, 15) is 9.90 Å². The van der Waals surface area contributed by atoms with Gasteiger partial charge >= 0.3 is 5.97 Å². The van der Waals surface area contributed by atoms with E-state index < -0.39 is 11.6 Å². The molecule has 5 atom stereocenters. The van der Waals surface area contributed by atoms with E-state index in [1.807, 2.05) is 64.7 Å². The van der Waals surface area contributed by atoms with Crippen molar-refractivity contribution in [2.24, 2.45) is 5.92 Å². The first-order valence-corrected chi connectivity index (χ1v) is 13.4. The number of quaternary nitrogens is 1. The number of ether oxygens (including phenoxy) is 2. The summed E-state index contributed by atoms with van der Waals surface area (Å²) in [6, 6.07) is 15.4. The van der Waals surface area contributed by atoms with E-state index in [-0.39, 0.29) is 6.10 Å². The Hall–Kier alpha value is -2.19. The maximum Gasteiger partial charge on any atom is 0.349 e. The molecule has 2 saturated heterocycles. The van der Waals surface area contributed by atoms with Gasteiger partial charge in [0.1, 0.15) is 17.8 Å². The number of carbonyl (C=O) groups is 1. The van der Waals surface area contributed by atoms with Crippen LogP contribution in [0, 0.1) is 5.92 Å². The third-order valence-electron chi connectivity index (χ3n) is 8.11. The third-order valence-corrected chi connectivity index (χ3v) is 9.77. The number of thiophene rings is 2. The van der Waals surface area contributed by atoms with Crippen molar-refractivity contribution in [3.05, 3.63) is 75.1 Å². The molecule has 3 fully saturated rings. The molecule has 172 valence electrons. The highest BCUT2D eigenvalue weighted by Crippen LogP contribution is 2.68. The van der Waals surface area contributed by atoms with Crippen molar-refractivity contribution in [2.45, 2.75) is 36.5 Å². The molecule has 0 radical (unpaired) electrons. The molecule has 7 heteroatoms. The van der Waals surface area contributed by atoms with Gasteiger partial charge in [-0.25, -0.2) is 4.79 Å². The predicted molar refractivity (Wildman–Crippen MR) is 128 cm³/mol. The fraction of sp³-hybridized carbons (Fsp3) is 0.423. The lowest BCUT2D eigenvalue weighted by molar-refractivity contribution is -0.993. The van der Waals surface area contributed by atoms with Gasteiger partial charge in [-0.05, 0) is 40.4 Å². The van der Waals surface area contributed by atoms with Gasteiger partial charge in [-0.3, -0.25) is 0 Å². The second kappa shape index (κ2) is 7.94. The van der Waals surface area contributed by atoms with Gasteiger partial charge in [-0.2, -0.15) is 11.3 Å². The Labute approximate surface area is 201 Å². The van der Waals surface area contributed by atoms with Crippen LogP contribution < -0.4 is 4.74 Å². The summed E-state index contributed by atoms with van der Waals surface area (Å²) in [5.74, 6) is 0.790. The van der Waals surface area contributed by atoms with Crippen LogP contribution in [0.4, 0.5) is 0 Å². The molecule has 0 bridgehead atoms. The summed E-state index contributed by atoms with van der Waals surface area (Å²) in [5, 5.41) is 17.2. The summed E-state index contributed by atoms with van der Waals surface area (Å²) < 4.78 is 13.1. The quantitative estimate of drug-likeness (QED) is 0.279. The summed E-state index contributed by atoms with van der Waals surface area (Å²) in [5.41, 5.74) is -0.850. The van der Waals surface area contributed by atoms with Crippen LogP contribution in [-0.2, 0) is 15.1 Å². The first-order valence-electron chi connectivity index (χ1n) is 11.6. The van der Waals surface area contributed by atoms with Crippen LogP contribution in [-0.4, -0.2) is 53.4 Å². The molecule has 6 rings (SSSR count). The molecule has 1 N–H and O–H groups in total. The summed E-state index contributed by atoms with van der Waals surface area (Å²) in [7, 11) is 0. The number of hydrogen-bond donors (Lipinski definition) is 1. The van der Waals surface area contributed by atoms with Gasteiger partial charge < -0.3 is 19.1 Å². The summed E-state index contributed by atoms with van der Waals surface area (Å²) in [6.45, 7) is 3.75. The smallest absolute Gasteiger partial charge is 0.349 e. The highest BCUT2D eigenvalue weighted by Gasteiger charge is 2.82. The van der Waals surface area contributed by atoms with E-state index in [0.717, 1.165) is 42.7 Å². The highest BCUT2D eigenvalue weighted by atomic mass is 32.1. The third kappa shape index (κ3) is 3.28. The lowest BCUT2D eigenvalue weighted by Gasteiger charge is -2.51. The number of nitrogens with zero attached hydrogens (tertiary/aromatic N) is 1. The van der Waals surface area contributed by atoms with Gasteiger partial charge in [0.2, 0.25) is 5.60 Å². The van der Waals surface area contributed by atoms with Gasteiger partial charge in [-0.1, -0.05) is 24.3 Å². The number of rotatable bonds is 9. The molecule has 4 heterocycles. The first-order chi connectivity index (χ1) is 16.1. The zero-order valence-corrected chi connectivity index (χ0v) is 20.0. The van der Waals surface area contributed by atoms with Crippen molar-refractivity contribution in [3.8, 4) is 5.75 Å². The number of esters is 1. The normalized spacial score (nSPS) is 31.1. The number of piperidine rings is 1. The van der Waals surface area contributed by atoms with Crippen LogP contribution in [0.15, 0.2) is 64.7 Å². The van der Waals surface area contributed by atoms with E-state index in [0.29, 0.717) is 28.5 Å². The molecule has 1 aliphatic carbocycles. The van der Waals surface area contributed by atoms with Gasteiger partial charge in [0, 0.05) is 18.4 Å². The minimum atomic E-state index is -1.73. The Bertz CT molecular complexity index is 1080. The minimum absolute atomic E-state index is 0.125. The van der Waals surface area contributed by atoms with Gasteiger partial charge in [0.25, 0.3) is 0 Å². The van der Waals surface area contributed by atoms with E-state index in [1.165, 1.54) is 29.1 Å². The molecular weight excluding hydrogens is 454 g/mol. The SMILES string of the molecule is O=C(O[C@@H]1C[N+]2(CCCOc3ccccc3)CCC23CC13)C(O)(c1ccsc1)c1cccs1. The van der Waals surface area contributed by atoms with Crippen LogP contribution in [0.5, 0.6) is 5.75 Å². The van der Waals surface area contributed by atoms with Gasteiger partial charge in [-0.15, -0.1) is 11.3 Å². The fourth-order valence-electron chi connectivity index (χ4n) is 6.25. The van der Waals surface area contributed by atoms with E-state index in [4.69, 9.17) is 9.47 Å². The minimum Gasteiger partial charge on any atom is -0.493 e. The van der Waals surface area contributed by atoms with Crippen LogP contribution in [0.25, 0.3) is 0 Å². The Kier molecular flexibility index (Phi) is 5.14. The van der Waals surface area contributed by atoms with Crippen LogP contribution in [0.3, 0.4) is 0 Å². The Morgan fingerprint density at radius 3 is 2.76 bits per heavy atom. The zero-order valence-electron chi connectivity index (χ0n) is 18.4. The molecule has 3 aliphatic rings. The number of carbonyl (C=O) groups excluding carboxylic acids is 1. The number of hydrogen-bond acceptors (Lipinski definition) is 6. The predicted octanol–water partition coefficient (Wildman–Crippen LogP) is 4.42. The fourth-order valence-corrected chi connectivity index (χ4v) is 7.78. The van der Waals surface area contributed by atoms with E-state index in [2.05, 4.69) is 0 Å². The van der Waals surface area contributed by atoms with Crippen molar-refractivity contribution in [1.82, 2.24) is 0 Å². The van der Waals surface area contributed by atoms with Crippen molar-refractivity contribution >= 4 is 28.6 Å². The summed E-state index contributed by atoms with van der Waals surface area (Å²) in [4.78, 5) is 14.1. The average molecular weight is 483 g/mol. The lowest BCUT2D eigenvalue weighted by atomic mass is 9.94. The second-order valence-corrected chi connectivity index (χ2v) is 11.3. The maximum atomic E-state index is 13.4. The molecule has 0 amide bonds. The molecule has 1 aromatic carbocycles. The molecule has 1 spiro atoms. The van der Waals surface area contributed by atoms with Crippen molar-refractivity contribution in [2.75, 3.05) is 26.2 Å². The number of aliphatic hydroxyl groups is 1. The van der Waals surface area contributed by atoms with Crippen LogP contribution in [0.1, 0.15) is 29.7 Å². The van der Waals surface area contributed by atoms with Crippen molar-refractivity contribution in [3.63, 3.8) is 0 Å². The Morgan fingerprint density at radius 1 is 1.18 bits per heavy atom. The molecule has 3 aromatic rings. The summed E-state index contributed by atoms with van der Waals surface area (Å²) >= 11 is 2.86. The molecular formula is C26H28NO4S2+. The van der Waals surface area contributed by atoms with Crippen molar-refractivity contribution in [1.29, 1.82) is 0 Å². The Morgan fingerprint density at radius 2 is 2.06 bits per heavy atom. The van der Waals surface area contributed by atoms with Crippen LogP contribution >= 0.6 is 22.7 Å². The maximum absolute atomic E-state index is 13.4. The van der Waals surface area contributed by atoms with Gasteiger partial charge in [0.15, 0.2) is 6.10 Å². The monoisotopic (exact) mass is 482 g/mol. The molecule has 5 nitrogen and oxygen atoms in total. The molecule has 33 heavy (non-hydrogen) atoms. The highest BCUT2D eigenvalue weighted by molar-refractivity contribution is 7.10. The second-order valence-electron chi connectivity index (χ2n) is 9.60. The van der Waals surface area contributed by atoms with E-state index >= 15 is 0 Å². The van der Waals surface area contributed by atoms with E-state index in [1.54, 1.807) is 0 Å².